The van der Waals surface area contributed by atoms with Crippen LogP contribution in [-0.4, -0.2) is 31.1 Å². The second-order valence-electron chi connectivity index (χ2n) is 6.58. The van der Waals surface area contributed by atoms with Crippen molar-refractivity contribution in [3.05, 3.63) is 34.9 Å². The van der Waals surface area contributed by atoms with Crippen LogP contribution in [0.4, 0.5) is 0 Å². The Balaban J connectivity index is 2.02. The van der Waals surface area contributed by atoms with E-state index in [1.807, 2.05) is 0 Å². The molecule has 2 nitrogen and oxygen atoms in total. The summed E-state index contributed by atoms with van der Waals surface area (Å²) in [6, 6.07) is 6.90. The van der Waals surface area contributed by atoms with Crippen molar-refractivity contribution >= 4 is 0 Å². The predicted octanol–water partition coefficient (Wildman–Crippen LogP) is 3.37. The van der Waals surface area contributed by atoms with Crippen molar-refractivity contribution in [2.24, 2.45) is 0 Å². The number of hydrogen-bond donors (Lipinski definition) is 1. The van der Waals surface area contributed by atoms with Crippen LogP contribution in [0.5, 0.6) is 0 Å². The van der Waals surface area contributed by atoms with Crippen LogP contribution in [0.3, 0.4) is 0 Å². The van der Waals surface area contributed by atoms with Crippen molar-refractivity contribution in [3.8, 4) is 0 Å². The van der Waals surface area contributed by atoms with E-state index in [9.17, 15) is 0 Å². The summed E-state index contributed by atoms with van der Waals surface area (Å²) in [6.07, 6.45) is 6.69. The first-order valence-electron chi connectivity index (χ1n) is 8.26. The average molecular weight is 272 g/mol. The number of benzene rings is 1. The van der Waals surface area contributed by atoms with Gasteiger partial charge in [0.1, 0.15) is 0 Å². The van der Waals surface area contributed by atoms with Gasteiger partial charge >= 0.3 is 0 Å². The van der Waals surface area contributed by atoms with Crippen molar-refractivity contribution in [3.63, 3.8) is 0 Å². The highest BCUT2D eigenvalue weighted by atomic mass is 15.2. The topological polar surface area (TPSA) is 15.3 Å². The van der Waals surface area contributed by atoms with Gasteiger partial charge < -0.3 is 5.32 Å². The first-order chi connectivity index (χ1) is 9.74. The first kappa shape index (κ1) is 14.1. The molecule has 0 saturated carbocycles. The van der Waals surface area contributed by atoms with Crippen LogP contribution in [0.2, 0.25) is 0 Å². The van der Waals surface area contributed by atoms with Gasteiger partial charge in [0, 0.05) is 5.54 Å². The van der Waals surface area contributed by atoms with E-state index < -0.39 is 0 Å². The Morgan fingerprint density at radius 3 is 2.40 bits per heavy atom. The standard InChI is InChI=1S/C18H28N2/c1-15-7-6-8-17(16(15)2)18(9-11-19-12-10-18)20-13-4-3-5-14-20/h6-8,19H,3-5,9-14H2,1-2H3. The monoisotopic (exact) mass is 272 g/mol. The Kier molecular flexibility index (Phi) is 4.13. The molecule has 20 heavy (non-hydrogen) atoms. The van der Waals surface area contributed by atoms with E-state index in [1.54, 1.807) is 5.56 Å². The van der Waals surface area contributed by atoms with Gasteiger partial charge in [-0.1, -0.05) is 24.6 Å². The molecule has 2 heteroatoms. The molecule has 0 atom stereocenters. The fraction of sp³-hybridized carbons (Fsp3) is 0.667. The minimum Gasteiger partial charge on any atom is -0.317 e. The number of aryl methyl sites for hydroxylation is 1. The normalized spacial score (nSPS) is 23.7. The Labute approximate surface area is 123 Å². The number of hydrogen-bond acceptors (Lipinski definition) is 2. The Morgan fingerprint density at radius 1 is 1.00 bits per heavy atom. The average Bonchev–Trinajstić information content (AvgIpc) is 2.51. The van der Waals surface area contributed by atoms with Crippen molar-refractivity contribution < 1.29 is 0 Å². The molecule has 0 aromatic heterocycles. The third kappa shape index (κ3) is 2.40. The highest BCUT2D eigenvalue weighted by Gasteiger charge is 2.40. The fourth-order valence-corrected chi connectivity index (χ4v) is 4.17. The van der Waals surface area contributed by atoms with E-state index in [-0.39, 0.29) is 0 Å². The predicted molar refractivity (Wildman–Crippen MR) is 85.1 cm³/mol. The largest absolute Gasteiger partial charge is 0.317 e. The molecule has 1 N–H and O–H groups in total. The SMILES string of the molecule is Cc1cccc(C2(N3CCCCC3)CCNCC2)c1C. The van der Waals surface area contributed by atoms with Crippen LogP contribution >= 0.6 is 0 Å². The van der Waals surface area contributed by atoms with E-state index in [2.05, 4.69) is 42.3 Å². The fourth-order valence-electron chi connectivity index (χ4n) is 4.17. The molecule has 0 amide bonds. The van der Waals surface area contributed by atoms with Gasteiger partial charge in [-0.05, 0) is 82.4 Å². The minimum atomic E-state index is 0.293. The molecule has 0 aliphatic carbocycles. The molecule has 2 aliphatic rings. The molecule has 1 aromatic rings. The molecule has 2 heterocycles. The van der Waals surface area contributed by atoms with Crippen molar-refractivity contribution in [1.82, 2.24) is 10.2 Å². The van der Waals surface area contributed by atoms with Gasteiger partial charge in [-0.25, -0.2) is 0 Å². The maximum absolute atomic E-state index is 3.56. The summed E-state index contributed by atoms with van der Waals surface area (Å²) in [4.78, 5) is 2.80. The summed E-state index contributed by atoms with van der Waals surface area (Å²) in [6.45, 7) is 9.46. The molecule has 0 bridgehead atoms. The minimum absolute atomic E-state index is 0.293. The Hall–Kier alpha value is -0.860. The molecular weight excluding hydrogens is 244 g/mol. The maximum Gasteiger partial charge on any atom is 0.0487 e. The number of rotatable bonds is 2. The van der Waals surface area contributed by atoms with Crippen LogP contribution < -0.4 is 5.32 Å². The lowest BCUT2D eigenvalue weighted by atomic mass is 9.76. The van der Waals surface area contributed by atoms with Crippen molar-refractivity contribution in [2.45, 2.75) is 51.5 Å². The van der Waals surface area contributed by atoms with Crippen molar-refractivity contribution in [1.29, 1.82) is 0 Å². The summed E-state index contributed by atoms with van der Waals surface area (Å²) in [7, 11) is 0. The molecular formula is C18H28N2. The summed E-state index contributed by atoms with van der Waals surface area (Å²) in [5, 5.41) is 3.56. The Bertz CT molecular complexity index is 454. The van der Waals surface area contributed by atoms with E-state index >= 15 is 0 Å². The van der Waals surface area contributed by atoms with Gasteiger partial charge in [0.05, 0.1) is 0 Å². The lowest BCUT2D eigenvalue weighted by Gasteiger charge is -2.49. The van der Waals surface area contributed by atoms with Crippen LogP contribution in [0.25, 0.3) is 0 Å². The van der Waals surface area contributed by atoms with Gasteiger partial charge in [0.25, 0.3) is 0 Å². The third-order valence-electron chi connectivity index (χ3n) is 5.50. The quantitative estimate of drug-likeness (QED) is 0.888. The number of nitrogens with one attached hydrogen (secondary N) is 1. The highest BCUT2D eigenvalue weighted by molar-refractivity contribution is 5.39. The second kappa shape index (κ2) is 5.87. The summed E-state index contributed by atoms with van der Waals surface area (Å²) < 4.78 is 0. The molecule has 1 aromatic carbocycles. The van der Waals surface area contributed by atoms with Crippen LogP contribution in [0, 0.1) is 13.8 Å². The summed E-state index contributed by atoms with van der Waals surface area (Å²) in [5.41, 5.74) is 4.85. The Morgan fingerprint density at radius 2 is 1.70 bits per heavy atom. The molecule has 0 spiro atoms. The van der Waals surface area contributed by atoms with E-state index in [4.69, 9.17) is 0 Å². The zero-order valence-corrected chi connectivity index (χ0v) is 13.0. The van der Waals surface area contributed by atoms with Crippen LogP contribution in [0.15, 0.2) is 18.2 Å². The molecule has 2 fully saturated rings. The molecule has 3 rings (SSSR count). The van der Waals surface area contributed by atoms with Crippen LogP contribution in [-0.2, 0) is 5.54 Å². The first-order valence-corrected chi connectivity index (χ1v) is 8.26. The lowest BCUT2D eigenvalue weighted by molar-refractivity contribution is 0.0354. The summed E-state index contributed by atoms with van der Waals surface area (Å²) in [5.74, 6) is 0. The van der Waals surface area contributed by atoms with Gasteiger partial charge in [0.15, 0.2) is 0 Å². The van der Waals surface area contributed by atoms with E-state index in [0.29, 0.717) is 5.54 Å². The van der Waals surface area contributed by atoms with Crippen LogP contribution in [0.1, 0.15) is 48.8 Å². The number of likely N-dealkylation sites (tertiary alicyclic amines) is 1. The molecule has 0 radical (unpaired) electrons. The van der Waals surface area contributed by atoms with Gasteiger partial charge in [-0.15, -0.1) is 0 Å². The third-order valence-corrected chi connectivity index (χ3v) is 5.50. The zero-order valence-electron chi connectivity index (χ0n) is 13.0. The zero-order chi connectivity index (χ0) is 14.0. The highest BCUT2D eigenvalue weighted by Crippen LogP contribution is 2.40. The molecule has 2 aliphatic heterocycles. The smallest absolute Gasteiger partial charge is 0.0487 e. The number of nitrogens with zero attached hydrogens (tertiary/aromatic N) is 1. The second-order valence-corrected chi connectivity index (χ2v) is 6.58. The van der Waals surface area contributed by atoms with E-state index in [0.717, 1.165) is 13.1 Å². The maximum atomic E-state index is 3.56. The van der Waals surface area contributed by atoms with Crippen molar-refractivity contribution in [2.75, 3.05) is 26.2 Å². The number of piperidine rings is 2. The van der Waals surface area contributed by atoms with Gasteiger partial charge in [-0.2, -0.15) is 0 Å². The summed E-state index contributed by atoms with van der Waals surface area (Å²) >= 11 is 0. The molecule has 0 unspecified atom stereocenters. The lowest BCUT2D eigenvalue weighted by Crippen LogP contribution is -2.54. The molecule has 2 saturated heterocycles. The molecule has 110 valence electrons. The van der Waals surface area contributed by atoms with Gasteiger partial charge in [0.2, 0.25) is 0 Å². The van der Waals surface area contributed by atoms with Gasteiger partial charge in [-0.3, -0.25) is 4.90 Å². The van der Waals surface area contributed by atoms with E-state index in [1.165, 1.54) is 56.3 Å².